The lowest BCUT2D eigenvalue weighted by molar-refractivity contribution is -0.139. The number of nitrogens with zero attached hydrogens (tertiary/aromatic N) is 1. The highest BCUT2D eigenvalue weighted by molar-refractivity contribution is 6.30. The van der Waals surface area contributed by atoms with Gasteiger partial charge >= 0.3 is 0 Å². The van der Waals surface area contributed by atoms with Crippen LogP contribution in [-0.2, 0) is 14.3 Å². The summed E-state index contributed by atoms with van der Waals surface area (Å²) in [4.78, 5) is 27.4. The molecule has 1 aliphatic rings. The van der Waals surface area contributed by atoms with Crippen LogP contribution in [0.15, 0.2) is 24.3 Å². The molecule has 2 amide bonds. The molecule has 28 heavy (non-hydrogen) atoms. The highest BCUT2D eigenvalue weighted by Gasteiger charge is 2.32. The molecule has 7 heteroatoms. The van der Waals surface area contributed by atoms with Gasteiger partial charge in [-0.1, -0.05) is 43.0 Å². The van der Waals surface area contributed by atoms with Crippen molar-refractivity contribution in [1.82, 2.24) is 10.2 Å². The number of halogens is 2. The van der Waals surface area contributed by atoms with E-state index in [1.165, 1.54) is 6.42 Å². The minimum atomic E-state index is -0.730. The van der Waals surface area contributed by atoms with E-state index in [0.29, 0.717) is 31.2 Å². The van der Waals surface area contributed by atoms with Crippen LogP contribution in [0.4, 0.5) is 0 Å². The van der Waals surface area contributed by atoms with Crippen molar-refractivity contribution >= 4 is 35.0 Å². The van der Waals surface area contributed by atoms with E-state index >= 15 is 0 Å². The van der Waals surface area contributed by atoms with E-state index in [1.54, 1.807) is 29.2 Å². The predicted molar refractivity (Wildman–Crippen MR) is 113 cm³/mol. The second kappa shape index (κ2) is 12.3. The maximum Gasteiger partial charge on any atom is 0.247 e. The summed E-state index contributed by atoms with van der Waals surface area (Å²) in [5.41, 5.74) is 0.729. The molecular weight excluding hydrogens is 399 g/mol. The second-order valence-corrected chi connectivity index (χ2v) is 7.77. The largest absolute Gasteiger partial charge is 0.382 e. The third kappa shape index (κ3) is 6.94. The first-order valence-electron chi connectivity index (χ1n) is 10.1. The minimum absolute atomic E-state index is 0.160. The third-order valence-electron chi connectivity index (χ3n) is 5.02. The number of ether oxygens (including phenoxy) is 1. The highest BCUT2D eigenvalue weighted by atomic mass is 35.5. The topological polar surface area (TPSA) is 58.6 Å². The van der Waals surface area contributed by atoms with Gasteiger partial charge in [0.1, 0.15) is 11.9 Å². The molecule has 1 unspecified atom stereocenters. The number of alkyl halides is 1. The summed E-state index contributed by atoms with van der Waals surface area (Å²) in [7, 11) is 0. The van der Waals surface area contributed by atoms with Crippen LogP contribution in [0.5, 0.6) is 0 Å². The van der Waals surface area contributed by atoms with Crippen LogP contribution >= 0.6 is 23.2 Å². The normalized spacial score (nSPS) is 15.8. The molecule has 1 aromatic carbocycles. The molecular formula is C21H30Cl2N2O3. The first kappa shape index (κ1) is 23.0. The van der Waals surface area contributed by atoms with Gasteiger partial charge in [0, 0.05) is 30.8 Å². The van der Waals surface area contributed by atoms with Gasteiger partial charge in [0.25, 0.3) is 0 Å². The fourth-order valence-corrected chi connectivity index (χ4v) is 3.88. The van der Waals surface area contributed by atoms with Crippen molar-refractivity contribution in [2.75, 3.05) is 25.6 Å². The molecule has 1 N–H and O–H groups in total. The SMILES string of the molecule is CCOCCCN(C(=O)CCl)C(C(=O)NC1CCCCC1)c1ccc(Cl)cc1. The molecule has 1 saturated carbocycles. The van der Waals surface area contributed by atoms with Gasteiger partial charge in [0.05, 0.1) is 0 Å². The number of carbonyl (C=O) groups excluding carboxylic acids is 2. The molecule has 0 aliphatic heterocycles. The zero-order valence-electron chi connectivity index (χ0n) is 16.5. The molecule has 1 atom stereocenters. The Balaban J connectivity index is 2.23. The fraction of sp³-hybridized carbons (Fsp3) is 0.619. The smallest absolute Gasteiger partial charge is 0.247 e. The molecule has 0 bridgehead atoms. The van der Waals surface area contributed by atoms with Gasteiger partial charge in [0.2, 0.25) is 11.8 Å². The summed E-state index contributed by atoms with van der Waals surface area (Å²) in [6, 6.07) is 6.50. The van der Waals surface area contributed by atoms with E-state index in [9.17, 15) is 9.59 Å². The number of rotatable bonds is 10. The Hall–Kier alpha value is -1.30. The maximum atomic E-state index is 13.2. The van der Waals surface area contributed by atoms with Crippen LogP contribution < -0.4 is 5.32 Å². The zero-order chi connectivity index (χ0) is 20.4. The predicted octanol–water partition coefficient (Wildman–Crippen LogP) is 4.32. The number of amides is 2. The fourth-order valence-electron chi connectivity index (χ4n) is 3.60. The number of hydrogen-bond donors (Lipinski definition) is 1. The summed E-state index contributed by atoms with van der Waals surface area (Å²) >= 11 is 11.9. The standard InChI is InChI=1S/C21H30Cl2N2O3/c1-2-28-14-6-13-25(19(26)15-22)20(16-9-11-17(23)12-10-16)21(27)24-18-7-4-3-5-8-18/h9-12,18,20H,2-8,13-15H2,1H3,(H,24,27). The van der Waals surface area contributed by atoms with Gasteiger partial charge in [-0.25, -0.2) is 0 Å². The molecule has 1 aliphatic carbocycles. The first-order chi connectivity index (χ1) is 13.6. The quantitative estimate of drug-likeness (QED) is 0.445. The molecule has 2 rings (SSSR count). The monoisotopic (exact) mass is 428 g/mol. The molecule has 1 aromatic rings. The number of hydrogen-bond acceptors (Lipinski definition) is 3. The lowest BCUT2D eigenvalue weighted by atomic mass is 9.94. The molecule has 0 aromatic heterocycles. The van der Waals surface area contributed by atoms with Gasteiger partial charge in [-0.3, -0.25) is 9.59 Å². The second-order valence-electron chi connectivity index (χ2n) is 7.07. The molecule has 0 radical (unpaired) electrons. The van der Waals surface area contributed by atoms with Gasteiger partial charge in [-0.05, 0) is 43.9 Å². The maximum absolute atomic E-state index is 13.2. The molecule has 156 valence electrons. The van der Waals surface area contributed by atoms with Crippen LogP contribution in [0, 0.1) is 0 Å². The Morgan fingerprint density at radius 1 is 1.21 bits per heavy atom. The van der Waals surface area contributed by atoms with Gasteiger partial charge in [-0.2, -0.15) is 0 Å². The van der Waals surface area contributed by atoms with E-state index in [4.69, 9.17) is 27.9 Å². The number of benzene rings is 1. The van der Waals surface area contributed by atoms with Crippen molar-refractivity contribution in [1.29, 1.82) is 0 Å². The average Bonchev–Trinajstić information content (AvgIpc) is 2.71. The van der Waals surface area contributed by atoms with E-state index in [0.717, 1.165) is 31.2 Å². The minimum Gasteiger partial charge on any atom is -0.382 e. The lowest BCUT2D eigenvalue weighted by Gasteiger charge is -2.33. The Morgan fingerprint density at radius 2 is 1.89 bits per heavy atom. The van der Waals surface area contributed by atoms with Crippen LogP contribution in [-0.4, -0.2) is 48.4 Å². The summed E-state index contributed by atoms with van der Waals surface area (Å²) < 4.78 is 5.39. The van der Waals surface area contributed by atoms with Gasteiger partial charge in [0.15, 0.2) is 0 Å². The van der Waals surface area contributed by atoms with Crippen molar-refractivity contribution in [2.24, 2.45) is 0 Å². The lowest BCUT2D eigenvalue weighted by Crippen LogP contribution is -2.47. The summed E-state index contributed by atoms with van der Waals surface area (Å²) in [5, 5.41) is 3.74. The van der Waals surface area contributed by atoms with Crippen molar-refractivity contribution in [3.8, 4) is 0 Å². The van der Waals surface area contributed by atoms with E-state index in [2.05, 4.69) is 5.32 Å². The van der Waals surface area contributed by atoms with E-state index < -0.39 is 6.04 Å². The van der Waals surface area contributed by atoms with Crippen molar-refractivity contribution in [3.05, 3.63) is 34.9 Å². The Kier molecular flexibility index (Phi) is 10.1. The van der Waals surface area contributed by atoms with Crippen LogP contribution in [0.1, 0.15) is 57.1 Å². The molecule has 0 heterocycles. The highest BCUT2D eigenvalue weighted by Crippen LogP contribution is 2.26. The third-order valence-corrected chi connectivity index (χ3v) is 5.50. The van der Waals surface area contributed by atoms with Crippen LogP contribution in [0.2, 0.25) is 5.02 Å². The molecule has 5 nitrogen and oxygen atoms in total. The Labute approximate surface area is 177 Å². The average molecular weight is 429 g/mol. The van der Waals surface area contributed by atoms with Gasteiger partial charge < -0.3 is 15.0 Å². The summed E-state index contributed by atoms with van der Waals surface area (Å²) in [6.45, 7) is 3.47. The molecule has 1 fully saturated rings. The van der Waals surface area contributed by atoms with Crippen molar-refractivity contribution in [2.45, 2.75) is 57.5 Å². The Morgan fingerprint density at radius 3 is 2.50 bits per heavy atom. The summed E-state index contributed by atoms with van der Waals surface area (Å²) in [6.07, 6.45) is 6.04. The number of carbonyl (C=O) groups is 2. The molecule has 0 saturated heterocycles. The number of nitrogens with one attached hydrogen (secondary N) is 1. The van der Waals surface area contributed by atoms with E-state index in [-0.39, 0.29) is 23.7 Å². The van der Waals surface area contributed by atoms with Crippen molar-refractivity contribution < 1.29 is 14.3 Å². The molecule has 0 spiro atoms. The first-order valence-corrected chi connectivity index (χ1v) is 11.0. The van der Waals surface area contributed by atoms with Crippen LogP contribution in [0.3, 0.4) is 0 Å². The van der Waals surface area contributed by atoms with Gasteiger partial charge in [-0.15, -0.1) is 11.6 Å². The zero-order valence-corrected chi connectivity index (χ0v) is 18.0. The Bertz CT molecular complexity index is 619. The van der Waals surface area contributed by atoms with Crippen molar-refractivity contribution in [3.63, 3.8) is 0 Å². The van der Waals surface area contributed by atoms with E-state index in [1.807, 2.05) is 6.92 Å². The van der Waals surface area contributed by atoms with Crippen LogP contribution in [0.25, 0.3) is 0 Å². The summed E-state index contributed by atoms with van der Waals surface area (Å²) in [5.74, 6) is -0.601.